The summed E-state index contributed by atoms with van der Waals surface area (Å²) in [6.07, 6.45) is 1.31. The molecule has 1 heterocycles. The number of benzene rings is 3. The molecule has 36 heavy (non-hydrogen) atoms. The highest BCUT2D eigenvalue weighted by Crippen LogP contribution is 2.36. The minimum atomic E-state index is -0.855. The molecule has 4 rings (SSSR count). The van der Waals surface area contributed by atoms with Gasteiger partial charge in [-0.25, -0.2) is 9.69 Å². The van der Waals surface area contributed by atoms with Crippen molar-refractivity contribution in [1.82, 2.24) is 5.32 Å². The van der Waals surface area contributed by atoms with Gasteiger partial charge in [-0.3, -0.25) is 14.9 Å². The Bertz CT molecular complexity index is 1350. The van der Waals surface area contributed by atoms with Gasteiger partial charge in [-0.2, -0.15) is 0 Å². The monoisotopic (exact) mass is 544 g/mol. The van der Waals surface area contributed by atoms with E-state index in [2.05, 4.69) is 5.32 Å². The van der Waals surface area contributed by atoms with Crippen molar-refractivity contribution in [3.8, 4) is 11.5 Å². The standard InChI is InChI=1S/C26H19Cl3N2O5/c1-2-35-19-8-6-18(7-9-19)31-25(33)20(24(32)30-26(31)34)11-16-12-21(28)23(22(29)13-16)36-14-15-4-3-5-17(27)10-15/h3-13H,2,14H2,1H3,(H,30,32,34)/b20-11+. The molecule has 1 N–H and O–H groups in total. The Morgan fingerprint density at radius 3 is 2.25 bits per heavy atom. The first-order valence-corrected chi connectivity index (χ1v) is 11.9. The molecule has 0 aromatic heterocycles. The molecule has 10 heteroatoms. The molecule has 0 bridgehead atoms. The van der Waals surface area contributed by atoms with Crippen LogP contribution in [-0.2, 0) is 16.2 Å². The lowest BCUT2D eigenvalue weighted by Crippen LogP contribution is -2.54. The number of nitrogens with zero attached hydrogens (tertiary/aromatic N) is 1. The van der Waals surface area contributed by atoms with Crippen molar-refractivity contribution in [2.75, 3.05) is 11.5 Å². The highest BCUT2D eigenvalue weighted by atomic mass is 35.5. The maximum Gasteiger partial charge on any atom is 0.335 e. The summed E-state index contributed by atoms with van der Waals surface area (Å²) in [6, 6.07) is 15.7. The molecule has 0 radical (unpaired) electrons. The molecule has 1 fully saturated rings. The molecule has 0 unspecified atom stereocenters. The third kappa shape index (κ3) is 5.65. The minimum Gasteiger partial charge on any atom is -0.494 e. The Balaban J connectivity index is 1.58. The van der Waals surface area contributed by atoms with Gasteiger partial charge in [-0.05, 0) is 72.7 Å². The largest absolute Gasteiger partial charge is 0.494 e. The van der Waals surface area contributed by atoms with E-state index in [1.165, 1.54) is 18.2 Å². The molecule has 0 saturated carbocycles. The zero-order valence-corrected chi connectivity index (χ0v) is 21.2. The Kier molecular flexibility index (Phi) is 7.84. The number of halogens is 3. The average molecular weight is 546 g/mol. The number of ether oxygens (including phenoxy) is 2. The van der Waals surface area contributed by atoms with E-state index in [0.29, 0.717) is 22.9 Å². The molecule has 3 aromatic rings. The summed E-state index contributed by atoms with van der Waals surface area (Å²) >= 11 is 18.8. The van der Waals surface area contributed by atoms with Crippen LogP contribution in [0.3, 0.4) is 0 Å². The van der Waals surface area contributed by atoms with E-state index >= 15 is 0 Å². The van der Waals surface area contributed by atoms with Crippen molar-refractivity contribution in [1.29, 1.82) is 0 Å². The number of nitrogens with one attached hydrogen (secondary N) is 1. The first-order chi connectivity index (χ1) is 17.3. The highest BCUT2D eigenvalue weighted by Gasteiger charge is 2.36. The van der Waals surface area contributed by atoms with Crippen LogP contribution in [0.2, 0.25) is 15.1 Å². The summed E-state index contributed by atoms with van der Waals surface area (Å²) < 4.78 is 11.1. The summed E-state index contributed by atoms with van der Waals surface area (Å²) in [4.78, 5) is 38.9. The third-order valence-corrected chi connectivity index (χ3v) is 5.91. The molecule has 0 aliphatic carbocycles. The summed E-state index contributed by atoms with van der Waals surface area (Å²) in [6.45, 7) is 2.49. The number of amides is 4. The van der Waals surface area contributed by atoms with Crippen molar-refractivity contribution < 1.29 is 23.9 Å². The topological polar surface area (TPSA) is 84.9 Å². The van der Waals surface area contributed by atoms with Gasteiger partial charge in [0.2, 0.25) is 0 Å². The van der Waals surface area contributed by atoms with Gasteiger partial charge in [0.1, 0.15) is 17.9 Å². The molecule has 1 aliphatic rings. The van der Waals surface area contributed by atoms with E-state index in [1.807, 2.05) is 13.0 Å². The zero-order chi connectivity index (χ0) is 25.8. The number of imide groups is 2. The lowest BCUT2D eigenvalue weighted by Gasteiger charge is -2.26. The molecule has 3 aromatic carbocycles. The first kappa shape index (κ1) is 25.6. The van der Waals surface area contributed by atoms with E-state index in [1.54, 1.807) is 42.5 Å². The van der Waals surface area contributed by atoms with Crippen LogP contribution in [-0.4, -0.2) is 24.5 Å². The second kappa shape index (κ2) is 11.0. The normalized spacial score (nSPS) is 14.7. The van der Waals surface area contributed by atoms with Crippen LogP contribution in [0.25, 0.3) is 6.08 Å². The number of rotatable bonds is 7. The second-order valence-corrected chi connectivity index (χ2v) is 8.87. The number of carbonyl (C=O) groups is 3. The molecular formula is C26H19Cl3N2O5. The number of hydrogen-bond donors (Lipinski definition) is 1. The first-order valence-electron chi connectivity index (χ1n) is 10.8. The molecule has 7 nitrogen and oxygen atoms in total. The second-order valence-electron chi connectivity index (χ2n) is 7.62. The van der Waals surface area contributed by atoms with Gasteiger partial charge < -0.3 is 9.47 Å². The van der Waals surface area contributed by atoms with Crippen molar-refractivity contribution in [2.45, 2.75) is 13.5 Å². The smallest absolute Gasteiger partial charge is 0.335 e. The van der Waals surface area contributed by atoms with Gasteiger partial charge in [0, 0.05) is 5.02 Å². The van der Waals surface area contributed by atoms with Crippen molar-refractivity contribution >= 4 is 64.4 Å². The summed E-state index contributed by atoms with van der Waals surface area (Å²) in [5, 5.41) is 3.11. The third-order valence-electron chi connectivity index (χ3n) is 5.11. The maximum atomic E-state index is 13.1. The van der Waals surface area contributed by atoms with E-state index < -0.39 is 17.8 Å². The fourth-order valence-corrected chi connectivity index (χ4v) is 4.33. The summed E-state index contributed by atoms with van der Waals surface area (Å²) in [7, 11) is 0. The van der Waals surface area contributed by atoms with Gasteiger partial charge in [-0.15, -0.1) is 0 Å². The van der Waals surface area contributed by atoms with Crippen molar-refractivity contribution in [2.24, 2.45) is 0 Å². The molecule has 184 valence electrons. The van der Waals surface area contributed by atoms with E-state index in [-0.39, 0.29) is 33.7 Å². The van der Waals surface area contributed by atoms with Crippen LogP contribution in [0.1, 0.15) is 18.1 Å². The Hall–Kier alpha value is -3.52. The van der Waals surface area contributed by atoms with Crippen LogP contribution in [0.5, 0.6) is 11.5 Å². The van der Waals surface area contributed by atoms with Gasteiger partial charge in [-0.1, -0.05) is 46.9 Å². The number of hydrogen-bond acceptors (Lipinski definition) is 5. The van der Waals surface area contributed by atoms with Crippen molar-refractivity contribution in [3.05, 3.63) is 92.4 Å². The quantitative estimate of drug-likeness (QED) is 0.279. The summed E-state index contributed by atoms with van der Waals surface area (Å²) in [5.74, 6) is -0.798. The van der Waals surface area contributed by atoms with Gasteiger partial charge in [0.15, 0.2) is 5.75 Å². The van der Waals surface area contributed by atoms with Crippen LogP contribution < -0.4 is 19.7 Å². The van der Waals surface area contributed by atoms with Crippen LogP contribution in [0.15, 0.2) is 66.2 Å². The Morgan fingerprint density at radius 1 is 0.917 bits per heavy atom. The Morgan fingerprint density at radius 2 is 1.61 bits per heavy atom. The fraction of sp³-hybridized carbons (Fsp3) is 0.115. The van der Waals surface area contributed by atoms with Crippen LogP contribution in [0, 0.1) is 0 Å². The lowest BCUT2D eigenvalue weighted by molar-refractivity contribution is -0.122. The Labute approximate surface area is 222 Å². The van der Waals surface area contributed by atoms with Gasteiger partial charge in [0.25, 0.3) is 11.8 Å². The molecule has 0 atom stereocenters. The fourth-order valence-electron chi connectivity index (χ4n) is 3.50. The average Bonchev–Trinajstić information content (AvgIpc) is 2.82. The predicted molar refractivity (Wildman–Crippen MR) is 139 cm³/mol. The van der Waals surface area contributed by atoms with E-state index in [4.69, 9.17) is 44.3 Å². The number of carbonyl (C=O) groups excluding carboxylic acids is 3. The van der Waals surface area contributed by atoms with Crippen LogP contribution >= 0.6 is 34.8 Å². The number of urea groups is 1. The molecular weight excluding hydrogens is 527 g/mol. The SMILES string of the molecule is CCOc1ccc(N2C(=O)NC(=O)/C(=C\c3cc(Cl)c(OCc4cccc(Cl)c4)c(Cl)c3)C2=O)cc1. The molecule has 0 spiro atoms. The summed E-state index contributed by atoms with van der Waals surface area (Å²) in [5.41, 5.74) is 1.22. The van der Waals surface area contributed by atoms with E-state index in [9.17, 15) is 14.4 Å². The highest BCUT2D eigenvalue weighted by molar-refractivity contribution is 6.40. The molecule has 1 aliphatic heterocycles. The van der Waals surface area contributed by atoms with Gasteiger partial charge >= 0.3 is 6.03 Å². The van der Waals surface area contributed by atoms with E-state index in [0.717, 1.165) is 10.5 Å². The van der Waals surface area contributed by atoms with Gasteiger partial charge in [0.05, 0.1) is 22.3 Å². The predicted octanol–water partition coefficient (Wildman–Crippen LogP) is 6.29. The number of anilines is 1. The zero-order valence-electron chi connectivity index (χ0n) is 18.9. The van der Waals surface area contributed by atoms with Crippen LogP contribution in [0.4, 0.5) is 10.5 Å². The molecule has 1 saturated heterocycles. The lowest BCUT2D eigenvalue weighted by atomic mass is 10.1. The molecule has 4 amide bonds. The maximum absolute atomic E-state index is 13.1. The van der Waals surface area contributed by atoms with Crippen molar-refractivity contribution in [3.63, 3.8) is 0 Å². The minimum absolute atomic E-state index is 0.180. The number of barbiturate groups is 1.